The Hall–Kier alpha value is -2.90. The fourth-order valence-corrected chi connectivity index (χ4v) is 4.40. The summed E-state index contributed by atoms with van der Waals surface area (Å²) < 4.78 is 5.17. The molecule has 1 amide bonds. The molecule has 0 bridgehead atoms. The van der Waals surface area contributed by atoms with Gasteiger partial charge in [-0.15, -0.1) is 11.3 Å². The van der Waals surface area contributed by atoms with E-state index in [1.54, 1.807) is 7.11 Å². The van der Waals surface area contributed by atoms with E-state index in [9.17, 15) is 4.79 Å². The molecule has 3 aromatic rings. The van der Waals surface area contributed by atoms with Crippen LogP contribution >= 0.6 is 11.3 Å². The summed E-state index contributed by atoms with van der Waals surface area (Å²) in [6.07, 6.45) is 0.764. The molecule has 1 fully saturated rings. The van der Waals surface area contributed by atoms with Gasteiger partial charge in [-0.05, 0) is 55.4 Å². The summed E-state index contributed by atoms with van der Waals surface area (Å²) in [5.74, 6) is 0.699. The van der Waals surface area contributed by atoms with Crippen molar-refractivity contribution in [2.45, 2.75) is 6.42 Å². The molecule has 4 rings (SSSR count). The molecule has 6 nitrogen and oxygen atoms in total. The van der Waals surface area contributed by atoms with E-state index in [4.69, 9.17) is 4.74 Å². The van der Waals surface area contributed by atoms with Crippen LogP contribution in [0.2, 0.25) is 0 Å². The molecule has 0 aliphatic carbocycles. The Balaban J connectivity index is 1.31. The highest BCUT2D eigenvalue weighted by molar-refractivity contribution is 7.13. The summed E-state index contributed by atoms with van der Waals surface area (Å²) >= 11 is 1.50. The van der Waals surface area contributed by atoms with E-state index in [-0.39, 0.29) is 5.91 Å². The van der Waals surface area contributed by atoms with Gasteiger partial charge in [-0.1, -0.05) is 12.1 Å². The molecule has 1 aliphatic rings. The molecular weight excluding hydrogens is 408 g/mol. The van der Waals surface area contributed by atoms with E-state index in [0.29, 0.717) is 12.2 Å². The lowest BCUT2D eigenvalue weighted by Gasteiger charge is -2.34. The number of amides is 1. The molecule has 162 valence electrons. The minimum absolute atomic E-state index is 0.134. The number of nitrogens with zero attached hydrogens (tertiary/aromatic N) is 3. The minimum Gasteiger partial charge on any atom is -0.497 e. The zero-order valence-electron chi connectivity index (χ0n) is 18.0. The van der Waals surface area contributed by atoms with E-state index in [1.807, 2.05) is 29.6 Å². The van der Waals surface area contributed by atoms with Gasteiger partial charge in [0.15, 0.2) is 0 Å². The highest BCUT2D eigenvalue weighted by atomic mass is 32.1. The Morgan fingerprint density at radius 3 is 2.45 bits per heavy atom. The van der Waals surface area contributed by atoms with E-state index >= 15 is 0 Å². The molecule has 2 aromatic carbocycles. The number of carbonyl (C=O) groups excluding carboxylic acids is 1. The number of rotatable bonds is 7. The minimum atomic E-state index is -0.134. The Morgan fingerprint density at radius 2 is 1.77 bits per heavy atom. The van der Waals surface area contributed by atoms with E-state index in [0.717, 1.165) is 54.5 Å². The van der Waals surface area contributed by atoms with Crippen molar-refractivity contribution >= 4 is 22.9 Å². The van der Waals surface area contributed by atoms with Gasteiger partial charge >= 0.3 is 0 Å². The summed E-state index contributed by atoms with van der Waals surface area (Å²) in [6.45, 7) is 4.84. The second-order valence-electron chi connectivity index (χ2n) is 7.73. The third-order valence-electron chi connectivity index (χ3n) is 5.58. The van der Waals surface area contributed by atoms with Crippen LogP contribution in [0.25, 0.3) is 10.6 Å². The number of thiazole rings is 1. The van der Waals surface area contributed by atoms with Crippen molar-refractivity contribution in [1.29, 1.82) is 0 Å². The molecular formula is C24H28N4O2S. The molecule has 31 heavy (non-hydrogen) atoms. The zero-order chi connectivity index (χ0) is 21.6. The van der Waals surface area contributed by atoms with Crippen molar-refractivity contribution in [2.75, 3.05) is 51.8 Å². The monoisotopic (exact) mass is 436 g/mol. The van der Waals surface area contributed by atoms with Gasteiger partial charge in [0.25, 0.3) is 5.91 Å². The van der Waals surface area contributed by atoms with E-state index in [1.165, 1.54) is 17.0 Å². The van der Waals surface area contributed by atoms with Gasteiger partial charge in [0.1, 0.15) is 16.5 Å². The largest absolute Gasteiger partial charge is 0.497 e. The smallest absolute Gasteiger partial charge is 0.270 e. The van der Waals surface area contributed by atoms with Gasteiger partial charge in [0, 0.05) is 49.4 Å². The van der Waals surface area contributed by atoms with Gasteiger partial charge in [-0.3, -0.25) is 4.79 Å². The van der Waals surface area contributed by atoms with E-state index < -0.39 is 0 Å². The first-order chi connectivity index (χ1) is 15.1. The fraction of sp³-hybridized carbons (Fsp3) is 0.333. The predicted molar refractivity (Wildman–Crippen MR) is 126 cm³/mol. The summed E-state index contributed by atoms with van der Waals surface area (Å²) in [4.78, 5) is 21.8. The van der Waals surface area contributed by atoms with Gasteiger partial charge in [0.2, 0.25) is 0 Å². The lowest BCUT2D eigenvalue weighted by Crippen LogP contribution is -2.44. The third kappa shape index (κ3) is 5.42. The number of carbonyl (C=O) groups is 1. The number of ether oxygens (including phenoxy) is 1. The summed E-state index contributed by atoms with van der Waals surface area (Å²) in [7, 11) is 3.81. The number of anilines is 1. The van der Waals surface area contributed by atoms with Crippen LogP contribution in [0.15, 0.2) is 53.9 Å². The van der Waals surface area contributed by atoms with Crippen LogP contribution in [0.5, 0.6) is 5.75 Å². The average Bonchev–Trinajstić information content (AvgIpc) is 3.31. The molecule has 1 N–H and O–H groups in total. The van der Waals surface area contributed by atoms with Crippen LogP contribution in [0, 0.1) is 0 Å². The average molecular weight is 437 g/mol. The maximum absolute atomic E-state index is 12.5. The Labute approximate surface area is 187 Å². The van der Waals surface area contributed by atoms with Crippen LogP contribution in [-0.4, -0.2) is 62.7 Å². The predicted octanol–water partition coefficient (Wildman–Crippen LogP) is 3.54. The molecule has 0 radical (unpaired) electrons. The van der Waals surface area contributed by atoms with Crippen molar-refractivity contribution < 1.29 is 9.53 Å². The van der Waals surface area contributed by atoms with Crippen molar-refractivity contribution in [1.82, 2.24) is 15.2 Å². The normalized spacial score (nSPS) is 14.5. The molecule has 1 aliphatic heterocycles. The summed E-state index contributed by atoms with van der Waals surface area (Å²) in [6, 6.07) is 16.4. The Kier molecular flexibility index (Phi) is 6.84. The fourth-order valence-electron chi connectivity index (χ4n) is 3.59. The maximum atomic E-state index is 12.5. The molecule has 1 saturated heterocycles. The summed E-state index contributed by atoms with van der Waals surface area (Å²) in [5.41, 5.74) is 3.91. The van der Waals surface area contributed by atoms with E-state index in [2.05, 4.69) is 51.4 Å². The topological polar surface area (TPSA) is 57.7 Å². The second kappa shape index (κ2) is 9.94. The standard InChI is InChI=1S/C24H28N4O2S/c1-27-13-15-28(16-14-27)20-7-5-19(6-8-20)24-26-22(17-31-24)23(29)25-12-11-18-3-9-21(30-2)10-4-18/h3-10,17H,11-16H2,1-2H3,(H,25,29). The van der Waals surface area contributed by atoms with Crippen molar-refractivity contribution in [3.05, 3.63) is 65.2 Å². The number of benzene rings is 2. The second-order valence-corrected chi connectivity index (χ2v) is 8.59. The number of nitrogens with one attached hydrogen (secondary N) is 1. The van der Waals surface area contributed by atoms with Crippen molar-refractivity contribution in [2.24, 2.45) is 0 Å². The highest BCUT2D eigenvalue weighted by Crippen LogP contribution is 2.26. The van der Waals surface area contributed by atoms with Gasteiger partial charge < -0.3 is 19.9 Å². The number of piperazine rings is 1. The maximum Gasteiger partial charge on any atom is 0.270 e. The first kappa shape index (κ1) is 21.3. The molecule has 7 heteroatoms. The lowest BCUT2D eigenvalue weighted by atomic mass is 10.1. The number of aromatic nitrogens is 1. The van der Waals surface area contributed by atoms with Crippen LogP contribution in [0.3, 0.4) is 0 Å². The van der Waals surface area contributed by atoms with Gasteiger partial charge in [-0.2, -0.15) is 0 Å². The van der Waals surface area contributed by atoms with Gasteiger partial charge in [-0.25, -0.2) is 4.98 Å². The number of methoxy groups -OCH3 is 1. The summed E-state index contributed by atoms with van der Waals surface area (Å²) in [5, 5.41) is 5.65. The highest BCUT2D eigenvalue weighted by Gasteiger charge is 2.15. The SMILES string of the molecule is COc1ccc(CCNC(=O)c2csc(-c3ccc(N4CCN(C)CC4)cc3)n2)cc1. The number of hydrogen-bond donors (Lipinski definition) is 1. The lowest BCUT2D eigenvalue weighted by molar-refractivity contribution is 0.0950. The Bertz CT molecular complexity index is 993. The first-order valence-corrected chi connectivity index (χ1v) is 11.4. The van der Waals surface area contributed by atoms with Crippen LogP contribution in [-0.2, 0) is 6.42 Å². The molecule has 0 unspecified atom stereocenters. The first-order valence-electron chi connectivity index (χ1n) is 10.5. The molecule has 0 saturated carbocycles. The zero-order valence-corrected chi connectivity index (χ0v) is 18.8. The number of hydrogen-bond acceptors (Lipinski definition) is 6. The molecule has 2 heterocycles. The molecule has 0 spiro atoms. The quantitative estimate of drug-likeness (QED) is 0.614. The van der Waals surface area contributed by atoms with Crippen LogP contribution < -0.4 is 15.0 Å². The van der Waals surface area contributed by atoms with Gasteiger partial charge in [0.05, 0.1) is 7.11 Å². The van der Waals surface area contributed by atoms with Crippen molar-refractivity contribution in [3.63, 3.8) is 0 Å². The van der Waals surface area contributed by atoms with Crippen LogP contribution in [0.4, 0.5) is 5.69 Å². The Morgan fingerprint density at radius 1 is 1.06 bits per heavy atom. The molecule has 1 aromatic heterocycles. The van der Waals surface area contributed by atoms with Crippen molar-refractivity contribution in [3.8, 4) is 16.3 Å². The third-order valence-corrected chi connectivity index (χ3v) is 6.47. The molecule has 0 atom stereocenters. The van der Waals surface area contributed by atoms with Crippen LogP contribution in [0.1, 0.15) is 16.1 Å². The number of likely N-dealkylation sites (N-methyl/N-ethyl adjacent to an activating group) is 1.